The van der Waals surface area contributed by atoms with E-state index in [1.165, 1.54) is 13.1 Å². The highest BCUT2D eigenvalue weighted by Crippen LogP contribution is 2.30. The number of fused-ring (bicyclic) bond motifs is 1. The Morgan fingerprint density at radius 2 is 1.93 bits per heavy atom. The van der Waals surface area contributed by atoms with Crippen molar-refractivity contribution in [1.29, 1.82) is 0 Å². The quantitative estimate of drug-likeness (QED) is 0.499. The average Bonchev–Trinajstić information content (AvgIpc) is 2.71. The molecule has 0 radical (unpaired) electrons. The number of benzene rings is 1. The molecule has 0 fully saturated rings. The molecule has 1 aliphatic rings. The van der Waals surface area contributed by atoms with Crippen molar-refractivity contribution in [3.8, 4) is 11.5 Å². The van der Waals surface area contributed by atoms with Crippen molar-refractivity contribution in [3.05, 3.63) is 52.4 Å². The number of ether oxygens (including phenoxy) is 3. The lowest BCUT2D eigenvalue weighted by Crippen LogP contribution is -2.51. The van der Waals surface area contributed by atoms with Gasteiger partial charge in [-0.3, -0.25) is 25.2 Å². The molecule has 1 aliphatic heterocycles. The number of amides is 2. The molecule has 1 atom stereocenters. The van der Waals surface area contributed by atoms with Gasteiger partial charge in [0.15, 0.2) is 23.8 Å². The van der Waals surface area contributed by atoms with E-state index in [-0.39, 0.29) is 12.3 Å². The van der Waals surface area contributed by atoms with Crippen LogP contribution >= 0.6 is 0 Å². The molecule has 3 rings (SSSR count). The molecule has 0 bridgehead atoms. The molecule has 1 aromatic heterocycles. The summed E-state index contributed by atoms with van der Waals surface area (Å²) in [6.07, 6.45) is -0.951. The first-order valence-corrected chi connectivity index (χ1v) is 8.12. The molecule has 11 nitrogen and oxygen atoms in total. The first kappa shape index (κ1) is 18.9. The molecule has 2 heterocycles. The standard InChI is InChI=1S/C17H16N4O7/c1-21-15(23)7-6-10(20-21)17(25)27-9-14(22)18-19-16(24)13-8-26-11-4-2-3-5-12(11)28-13/h2-7,13H,8-9H2,1H3,(H,18,22)(H,19,24). The maximum Gasteiger partial charge on any atom is 0.359 e. The van der Waals surface area contributed by atoms with Crippen molar-refractivity contribution in [3.63, 3.8) is 0 Å². The third-order valence-electron chi connectivity index (χ3n) is 3.63. The summed E-state index contributed by atoms with van der Waals surface area (Å²) in [6.45, 7) is -0.680. The fourth-order valence-electron chi connectivity index (χ4n) is 2.21. The number of hydrazine groups is 1. The lowest BCUT2D eigenvalue weighted by atomic mass is 10.2. The highest BCUT2D eigenvalue weighted by atomic mass is 16.6. The number of aryl methyl sites for hydroxylation is 1. The van der Waals surface area contributed by atoms with Gasteiger partial charge in [-0.2, -0.15) is 5.10 Å². The number of carbonyl (C=O) groups is 3. The number of rotatable bonds is 4. The Morgan fingerprint density at radius 1 is 1.18 bits per heavy atom. The maximum atomic E-state index is 12.1. The Morgan fingerprint density at radius 3 is 2.68 bits per heavy atom. The monoisotopic (exact) mass is 388 g/mol. The van der Waals surface area contributed by atoms with Crippen molar-refractivity contribution in [2.45, 2.75) is 6.10 Å². The molecular weight excluding hydrogens is 372 g/mol. The van der Waals surface area contributed by atoms with E-state index in [4.69, 9.17) is 14.2 Å². The van der Waals surface area contributed by atoms with Gasteiger partial charge in [0.25, 0.3) is 17.4 Å². The largest absolute Gasteiger partial charge is 0.485 e. The minimum Gasteiger partial charge on any atom is -0.485 e. The van der Waals surface area contributed by atoms with Crippen LogP contribution in [0.1, 0.15) is 10.5 Å². The summed E-state index contributed by atoms with van der Waals surface area (Å²) in [5.41, 5.74) is 3.74. The van der Waals surface area contributed by atoms with Crippen LogP contribution in [0.15, 0.2) is 41.2 Å². The predicted octanol–water partition coefficient (Wildman–Crippen LogP) is -1.08. The van der Waals surface area contributed by atoms with Crippen molar-refractivity contribution in [2.75, 3.05) is 13.2 Å². The second-order valence-corrected chi connectivity index (χ2v) is 5.66. The van der Waals surface area contributed by atoms with Crippen LogP contribution in [-0.4, -0.2) is 46.9 Å². The summed E-state index contributed by atoms with van der Waals surface area (Å²) >= 11 is 0. The van der Waals surface area contributed by atoms with Crippen LogP contribution in [-0.2, 0) is 21.4 Å². The van der Waals surface area contributed by atoms with Crippen molar-refractivity contribution in [2.24, 2.45) is 7.05 Å². The summed E-state index contributed by atoms with van der Waals surface area (Å²) in [6, 6.07) is 9.20. The predicted molar refractivity (Wildman–Crippen MR) is 92.4 cm³/mol. The van der Waals surface area contributed by atoms with Crippen molar-refractivity contribution < 1.29 is 28.6 Å². The molecule has 2 N–H and O–H groups in total. The van der Waals surface area contributed by atoms with Crippen LogP contribution in [0.5, 0.6) is 11.5 Å². The van der Waals surface area contributed by atoms with E-state index in [1.807, 2.05) is 0 Å². The normalized spacial score (nSPS) is 14.7. The number of para-hydroxylation sites is 2. The first-order valence-electron chi connectivity index (χ1n) is 8.12. The van der Waals surface area contributed by atoms with Gasteiger partial charge in [-0.15, -0.1) is 0 Å². The van der Waals surface area contributed by atoms with E-state index in [2.05, 4.69) is 16.0 Å². The van der Waals surface area contributed by atoms with Gasteiger partial charge in [-0.05, 0) is 18.2 Å². The number of aromatic nitrogens is 2. The van der Waals surface area contributed by atoms with Gasteiger partial charge in [0.2, 0.25) is 6.10 Å². The summed E-state index contributed by atoms with van der Waals surface area (Å²) < 4.78 is 16.6. The molecule has 0 saturated carbocycles. The Hall–Kier alpha value is -3.89. The number of hydrogen-bond donors (Lipinski definition) is 2. The van der Waals surface area contributed by atoms with Gasteiger partial charge in [0, 0.05) is 13.1 Å². The fraction of sp³-hybridized carbons (Fsp3) is 0.235. The molecule has 0 aliphatic carbocycles. The van der Waals surface area contributed by atoms with Crippen LogP contribution < -0.4 is 25.9 Å². The molecule has 0 saturated heterocycles. The van der Waals surface area contributed by atoms with Gasteiger partial charge in [0.1, 0.15) is 6.61 Å². The summed E-state index contributed by atoms with van der Waals surface area (Å²) in [7, 11) is 1.37. The van der Waals surface area contributed by atoms with Crippen molar-refractivity contribution >= 4 is 17.8 Å². The zero-order valence-corrected chi connectivity index (χ0v) is 14.7. The van der Waals surface area contributed by atoms with Gasteiger partial charge < -0.3 is 14.2 Å². The van der Waals surface area contributed by atoms with Gasteiger partial charge >= 0.3 is 5.97 Å². The van der Waals surface area contributed by atoms with Crippen molar-refractivity contribution in [1.82, 2.24) is 20.6 Å². The van der Waals surface area contributed by atoms with Gasteiger partial charge in [0.05, 0.1) is 0 Å². The van der Waals surface area contributed by atoms with E-state index in [1.54, 1.807) is 24.3 Å². The van der Waals surface area contributed by atoms with Crippen LogP contribution in [0.2, 0.25) is 0 Å². The maximum absolute atomic E-state index is 12.1. The van der Waals surface area contributed by atoms with Crippen LogP contribution in [0.25, 0.3) is 0 Å². The zero-order chi connectivity index (χ0) is 20.1. The Kier molecular flexibility index (Phi) is 5.53. The van der Waals surface area contributed by atoms with Gasteiger partial charge in [-0.25, -0.2) is 9.48 Å². The minimum absolute atomic E-state index is 0.0217. The molecule has 1 unspecified atom stereocenters. The van der Waals surface area contributed by atoms with Crippen LogP contribution in [0.4, 0.5) is 0 Å². The molecular formula is C17H16N4O7. The number of esters is 1. The lowest BCUT2D eigenvalue weighted by molar-refractivity contribution is -0.135. The summed E-state index contributed by atoms with van der Waals surface area (Å²) in [5.74, 6) is -1.36. The Labute approximate surface area is 158 Å². The first-order chi connectivity index (χ1) is 13.4. The number of nitrogens with one attached hydrogen (secondary N) is 2. The second-order valence-electron chi connectivity index (χ2n) is 5.66. The molecule has 146 valence electrons. The lowest BCUT2D eigenvalue weighted by Gasteiger charge is -2.25. The summed E-state index contributed by atoms with van der Waals surface area (Å²) in [5, 5.41) is 3.70. The molecule has 28 heavy (non-hydrogen) atoms. The molecule has 2 aromatic rings. The van der Waals surface area contributed by atoms with Crippen LogP contribution in [0.3, 0.4) is 0 Å². The molecule has 1 aromatic carbocycles. The fourth-order valence-corrected chi connectivity index (χ4v) is 2.21. The van der Waals surface area contributed by atoms with E-state index in [0.717, 1.165) is 10.7 Å². The van der Waals surface area contributed by atoms with E-state index >= 15 is 0 Å². The van der Waals surface area contributed by atoms with E-state index in [0.29, 0.717) is 11.5 Å². The number of hydrogen-bond acceptors (Lipinski definition) is 8. The highest BCUT2D eigenvalue weighted by Gasteiger charge is 2.27. The highest BCUT2D eigenvalue weighted by molar-refractivity contribution is 5.90. The molecule has 0 spiro atoms. The third kappa shape index (κ3) is 4.44. The molecule has 11 heteroatoms. The summed E-state index contributed by atoms with van der Waals surface area (Å²) in [4.78, 5) is 46.8. The van der Waals surface area contributed by atoms with Gasteiger partial charge in [-0.1, -0.05) is 12.1 Å². The average molecular weight is 388 g/mol. The second kappa shape index (κ2) is 8.20. The minimum atomic E-state index is -0.951. The topological polar surface area (TPSA) is 138 Å². The third-order valence-corrected chi connectivity index (χ3v) is 3.63. The van der Waals surface area contributed by atoms with E-state index in [9.17, 15) is 19.2 Å². The number of carbonyl (C=O) groups excluding carboxylic acids is 3. The Balaban J connectivity index is 1.44. The van der Waals surface area contributed by atoms with E-state index < -0.39 is 36.1 Å². The molecule has 2 amide bonds. The SMILES string of the molecule is Cn1nc(C(=O)OCC(=O)NNC(=O)C2COc3ccccc3O2)ccc1=O. The smallest absolute Gasteiger partial charge is 0.359 e. The Bertz CT molecular complexity index is 972. The zero-order valence-electron chi connectivity index (χ0n) is 14.7. The number of nitrogens with zero attached hydrogens (tertiary/aromatic N) is 2. The van der Waals surface area contributed by atoms with Crippen LogP contribution in [0, 0.1) is 0 Å².